The molecule has 3 aromatic heterocycles. The number of rotatable bonds is 4. The zero-order chi connectivity index (χ0) is 20.5. The number of pyridine rings is 1. The first-order valence-corrected chi connectivity index (χ1v) is 9.80. The Labute approximate surface area is 173 Å². The summed E-state index contributed by atoms with van der Waals surface area (Å²) in [7, 11) is 1.61. The van der Waals surface area contributed by atoms with E-state index in [0.717, 1.165) is 34.8 Å². The molecule has 4 heterocycles. The number of likely N-dealkylation sites (tertiary alicyclic amines) is 1. The van der Waals surface area contributed by atoms with Gasteiger partial charge in [0.05, 0.1) is 19.4 Å². The first-order valence-electron chi connectivity index (χ1n) is 9.80. The van der Waals surface area contributed by atoms with Crippen molar-refractivity contribution in [3.05, 3.63) is 61.0 Å². The van der Waals surface area contributed by atoms with Gasteiger partial charge in [-0.2, -0.15) is 0 Å². The van der Waals surface area contributed by atoms with E-state index in [1.165, 1.54) is 0 Å². The van der Waals surface area contributed by atoms with E-state index < -0.39 is 0 Å². The van der Waals surface area contributed by atoms with Gasteiger partial charge in [-0.25, -0.2) is 14.8 Å². The molecule has 1 aromatic carbocycles. The van der Waals surface area contributed by atoms with E-state index in [4.69, 9.17) is 14.1 Å². The highest BCUT2D eigenvalue weighted by Gasteiger charge is 2.31. The number of urea groups is 1. The third-order valence-electron chi connectivity index (χ3n) is 5.35. The molecule has 152 valence electrons. The molecule has 0 radical (unpaired) electrons. The fourth-order valence-electron chi connectivity index (χ4n) is 3.87. The van der Waals surface area contributed by atoms with Gasteiger partial charge >= 0.3 is 6.03 Å². The summed E-state index contributed by atoms with van der Waals surface area (Å²) in [4.78, 5) is 23.9. The summed E-state index contributed by atoms with van der Waals surface area (Å²) in [5, 5.41) is 2.95. The zero-order valence-electron chi connectivity index (χ0n) is 16.5. The molecular weight excluding hydrogens is 382 g/mol. The van der Waals surface area contributed by atoms with Gasteiger partial charge < -0.3 is 23.9 Å². The summed E-state index contributed by atoms with van der Waals surface area (Å²) in [6, 6.07) is 14.8. The number of carbonyl (C=O) groups excluding carboxylic acids is 1. The lowest BCUT2D eigenvalue weighted by Gasteiger charge is -2.19. The number of amides is 2. The number of hydrogen-bond donors (Lipinski definition) is 1. The Hall–Kier alpha value is -3.81. The lowest BCUT2D eigenvalue weighted by molar-refractivity contribution is 0.221. The molecule has 5 rings (SSSR count). The minimum atomic E-state index is -0.125. The van der Waals surface area contributed by atoms with Crippen LogP contribution in [0.2, 0.25) is 0 Å². The van der Waals surface area contributed by atoms with E-state index in [1.54, 1.807) is 19.6 Å². The van der Waals surface area contributed by atoms with Crippen LogP contribution >= 0.6 is 0 Å². The van der Waals surface area contributed by atoms with Crippen molar-refractivity contribution < 1.29 is 13.9 Å². The molecule has 1 fully saturated rings. The number of aromatic nitrogens is 3. The minimum Gasteiger partial charge on any atom is -0.497 e. The molecule has 1 atom stereocenters. The van der Waals surface area contributed by atoms with Crippen LogP contribution in [0, 0.1) is 0 Å². The van der Waals surface area contributed by atoms with E-state index in [-0.39, 0.29) is 12.1 Å². The van der Waals surface area contributed by atoms with E-state index in [1.807, 2.05) is 53.4 Å². The predicted octanol–water partition coefficient (Wildman–Crippen LogP) is 4.18. The van der Waals surface area contributed by atoms with Crippen LogP contribution in [0.4, 0.5) is 10.5 Å². The maximum atomic E-state index is 12.8. The number of carbonyl (C=O) groups is 1. The Morgan fingerprint density at radius 3 is 2.83 bits per heavy atom. The number of hydrogen-bond acceptors (Lipinski definition) is 5. The summed E-state index contributed by atoms with van der Waals surface area (Å²) in [5.41, 5.74) is 2.34. The monoisotopic (exact) mass is 403 g/mol. The number of nitrogens with zero attached hydrogens (tertiary/aromatic N) is 4. The normalized spacial score (nSPS) is 16.2. The molecule has 1 aliphatic rings. The minimum absolute atomic E-state index is 0.0617. The summed E-state index contributed by atoms with van der Waals surface area (Å²) < 4.78 is 12.9. The predicted molar refractivity (Wildman–Crippen MR) is 112 cm³/mol. The highest BCUT2D eigenvalue weighted by molar-refractivity contribution is 5.89. The lowest BCUT2D eigenvalue weighted by atomic mass is 10.2. The second kappa shape index (κ2) is 7.55. The number of benzene rings is 1. The van der Waals surface area contributed by atoms with Gasteiger partial charge in [0.2, 0.25) is 0 Å². The average Bonchev–Trinajstić information content (AvgIpc) is 3.52. The molecule has 0 spiro atoms. The van der Waals surface area contributed by atoms with Crippen molar-refractivity contribution in [1.82, 2.24) is 19.4 Å². The quantitative estimate of drug-likeness (QED) is 0.553. The van der Waals surface area contributed by atoms with Crippen LogP contribution in [0.25, 0.3) is 22.7 Å². The van der Waals surface area contributed by atoms with E-state index >= 15 is 0 Å². The number of nitrogens with one attached hydrogen (secondary N) is 1. The van der Waals surface area contributed by atoms with E-state index in [2.05, 4.69) is 14.9 Å². The smallest absolute Gasteiger partial charge is 0.321 e. The second-order valence-corrected chi connectivity index (χ2v) is 7.18. The molecule has 0 aliphatic carbocycles. The van der Waals surface area contributed by atoms with Gasteiger partial charge in [0.25, 0.3) is 0 Å². The van der Waals surface area contributed by atoms with Crippen LogP contribution in [0.5, 0.6) is 5.75 Å². The molecule has 0 bridgehead atoms. The average molecular weight is 403 g/mol. The van der Waals surface area contributed by atoms with Crippen molar-refractivity contribution in [3.8, 4) is 17.3 Å². The Morgan fingerprint density at radius 2 is 2.07 bits per heavy atom. The molecule has 8 heteroatoms. The molecule has 1 aliphatic heterocycles. The van der Waals surface area contributed by atoms with Gasteiger partial charge in [0.15, 0.2) is 17.2 Å². The Balaban J connectivity index is 1.38. The first-order chi connectivity index (χ1) is 14.7. The van der Waals surface area contributed by atoms with Crippen molar-refractivity contribution in [2.24, 2.45) is 0 Å². The molecule has 0 saturated carbocycles. The van der Waals surface area contributed by atoms with Crippen LogP contribution in [0.1, 0.15) is 12.5 Å². The van der Waals surface area contributed by atoms with Gasteiger partial charge in [0, 0.05) is 25.0 Å². The van der Waals surface area contributed by atoms with Crippen molar-refractivity contribution in [2.75, 3.05) is 25.5 Å². The van der Waals surface area contributed by atoms with Gasteiger partial charge in [-0.15, -0.1) is 0 Å². The van der Waals surface area contributed by atoms with E-state index in [0.29, 0.717) is 18.8 Å². The van der Waals surface area contributed by atoms with Gasteiger partial charge in [-0.3, -0.25) is 0 Å². The fourth-order valence-corrected chi connectivity index (χ4v) is 3.87. The number of anilines is 1. The number of imidazole rings is 1. The largest absolute Gasteiger partial charge is 0.497 e. The molecule has 2 amide bonds. The first kappa shape index (κ1) is 18.2. The third kappa shape index (κ3) is 3.26. The van der Waals surface area contributed by atoms with Crippen molar-refractivity contribution in [3.63, 3.8) is 0 Å². The second-order valence-electron chi connectivity index (χ2n) is 7.18. The zero-order valence-corrected chi connectivity index (χ0v) is 16.5. The van der Waals surface area contributed by atoms with Crippen LogP contribution in [-0.2, 0) is 0 Å². The molecule has 4 aromatic rings. The highest BCUT2D eigenvalue weighted by Crippen LogP contribution is 2.32. The Kier molecular flexibility index (Phi) is 4.59. The Morgan fingerprint density at radius 1 is 1.20 bits per heavy atom. The number of ether oxygens (including phenoxy) is 1. The number of methoxy groups -OCH3 is 1. The van der Waals surface area contributed by atoms with Gasteiger partial charge in [-0.05, 0) is 55.0 Å². The van der Waals surface area contributed by atoms with Crippen LogP contribution in [0.3, 0.4) is 0 Å². The molecule has 8 nitrogen and oxygen atoms in total. The summed E-state index contributed by atoms with van der Waals surface area (Å²) in [6.07, 6.45) is 4.21. The van der Waals surface area contributed by atoms with Crippen LogP contribution in [0.15, 0.2) is 65.4 Å². The van der Waals surface area contributed by atoms with Gasteiger partial charge in [-0.1, -0.05) is 0 Å². The summed E-state index contributed by atoms with van der Waals surface area (Å²) >= 11 is 0. The fraction of sp³-hybridized carbons (Fsp3) is 0.227. The molecule has 1 N–H and O–H groups in total. The highest BCUT2D eigenvalue weighted by atomic mass is 16.5. The maximum Gasteiger partial charge on any atom is 0.321 e. The van der Waals surface area contributed by atoms with Crippen LogP contribution < -0.4 is 10.1 Å². The molecule has 30 heavy (non-hydrogen) atoms. The van der Waals surface area contributed by atoms with Crippen LogP contribution in [-0.4, -0.2) is 45.7 Å². The van der Waals surface area contributed by atoms with Crippen molar-refractivity contribution in [1.29, 1.82) is 0 Å². The molecule has 1 saturated heterocycles. The Bertz CT molecular complexity index is 1170. The standard InChI is InChI=1S/C22H21N5O3/c1-29-17-8-6-15(7-9-17)24-22(28)26-12-10-16(14-26)27-20-18(4-2-11-23-20)25-21(27)19-5-3-13-30-19/h2-9,11,13,16H,10,12,14H2,1H3,(H,24,28). The SMILES string of the molecule is COc1ccc(NC(=O)N2CCC(n3c(-c4ccco4)nc4cccnc43)C2)cc1. The van der Waals surface area contributed by atoms with Gasteiger partial charge in [0.1, 0.15) is 11.3 Å². The summed E-state index contributed by atoms with van der Waals surface area (Å²) in [5.74, 6) is 2.17. The van der Waals surface area contributed by atoms with E-state index in [9.17, 15) is 4.79 Å². The molecule has 1 unspecified atom stereocenters. The number of furan rings is 1. The lowest BCUT2D eigenvalue weighted by Crippen LogP contribution is -2.33. The summed E-state index contributed by atoms with van der Waals surface area (Å²) in [6.45, 7) is 1.22. The van der Waals surface area contributed by atoms with Crippen molar-refractivity contribution >= 4 is 22.9 Å². The third-order valence-corrected chi connectivity index (χ3v) is 5.35. The maximum absolute atomic E-state index is 12.8. The molecular formula is C22H21N5O3. The number of fused-ring (bicyclic) bond motifs is 1. The topological polar surface area (TPSA) is 85.4 Å². The van der Waals surface area contributed by atoms with Crippen molar-refractivity contribution in [2.45, 2.75) is 12.5 Å².